The fraction of sp³-hybridized carbons (Fsp3) is 0.500. The smallest absolute Gasteiger partial charge is 0.224 e. The highest BCUT2D eigenvalue weighted by atomic mass is 16.5. The van der Waals surface area contributed by atoms with Crippen molar-refractivity contribution in [3.8, 4) is 5.75 Å². The first-order valence-electron chi connectivity index (χ1n) is 7.28. The van der Waals surface area contributed by atoms with Gasteiger partial charge in [-0.15, -0.1) is 0 Å². The van der Waals surface area contributed by atoms with E-state index in [1.807, 2.05) is 31.2 Å². The van der Waals surface area contributed by atoms with Gasteiger partial charge in [0, 0.05) is 26.4 Å². The zero-order chi connectivity index (χ0) is 15.7. The van der Waals surface area contributed by atoms with Crippen molar-refractivity contribution in [3.05, 3.63) is 24.3 Å². The highest BCUT2D eigenvalue weighted by Gasteiger charge is 2.15. The van der Waals surface area contributed by atoms with Crippen molar-refractivity contribution in [1.82, 2.24) is 5.32 Å². The number of anilines is 1. The lowest BCUT2D eigenvalue weighted by molar-refractivity contribution is -0.121. The van der Waals surface area contributed by atoms with Crippen LogP contribution in [0.1, 0.15) is 33.1 Å². The summed E-state index contributed by atoms with van der Waals surface area (Å²) in [6, 6.07) is 7.35. The third-order valence-corrected chi connectivity index (χ3v) is 3.17. The minimum Gasteiger partial charge on any atom is -0.495 e. The lowest BCUT2D eigenvalue weighted by atomic mass is 10.2. The highest BCUT2D eigenvalue weighted by molar-refractivity contribution is 5.93. The summed E-state index contributed by atoms with van der Waals surface area (Å²) in [4.78, 5) is 25.0. The van der Waals surface area contributed by atoms with Gasteiger partial charge in [-0.1, -0.05) is 25.5 Å². The van der Waals surface area contributed by atoms with Gasteiger partial charge in [0.1, 0.15) is 5.75 Å². The molecule has 0 radical (unpaired) electrons. The summed E-state index contributed by atoms with van der Waals surface area (Å²) < 4.78 is 5.28. The SMILES string of the molecule is CCCCC(=O)NCCN(C(C)=O)c1ccccc1OC. The monoisotopic (exact) mass is 292 g/mol. The zero-order valence-corrected chi connectivity index (χ0v) is 13.0. The lowest BCUT2D eigenvalue weighted by Crippen LogP contribution is -2.37. The second-order valence-electron chi connectivity index (χ2n) is 4.80. The van der Waals surface area contributed by atoms with Crippen LogP contribution in [0, 0.1) is 0 Å². The van der Waals surface area contributed by atoms with Gasteiger partial charge in [-0.2, -0.15) is 0 Å². The lowest BCUT2D eigenvalue weighted by Gasteiger charge is -2.23. The number of benzene rings is 1. The van der Waals surface area contributed by atoms with Crippen LogP contribution >= 0.6 is 0 Å². The first kappa shape index (κ1) is 17.0. The molecule has 0 aliphatic rings. The summed E-state index contributed by atoms with van der Waals surface area (Å²) >= 11 is 0. The quantitative estimate of drug-likeness (QED) is 0.800. The molecule has 1 N–H and O–H groups in total. The molecule has 0 aliphatic heterocycles. The van der Waals surface area contributed by atoms with Gasteiger partial charge in [0.15, 0.2) is 0 Å². The first-order chi connectivity index (χ1) is 10.1. The van der Waals surface area contributed by atoms with Gasteiger partial charge in [0.05, 0.1) is 12.8 Å². The van der Waals surface area contributed by atoms with E-state index in [1.165, 1.54) is 6.92 Å². The number of para-hydroxylation sites is 2. The number of rotatable bonds is 8. The van der Waals surface area contributed by atoms with Gasteiger partial charge in [-0.3, -0.25) is 9.59 Å². The van der Waals surface area contributed by atoms with E-state index in [9.17, 15) is 9.59 Å². The molecular formula is C16H24N2O3. The Hall–Kier alpha value is -2.04. The molecule has 5 heteroatoms. The molecule has 0 aromatic heterocycles. The number of hydrogen-bond donors (Lipinski definition) is 1. The molecule has 5 nitrogen and oxygen atoms in total. The van der Waals surface area contributed by atoms with Gasteiger partial charge >= 0.3 is 0 Å². The topological polar surface area (TPSA) is 58.6 Å². The Morgan fingerprint density at radius 2 is 2.00 bits per heavy atom. The minimum atomic E-state index is -0.0812. The molecule has 0 fully saturated rings. The van der Waals surface area contributed by atoms with Crippen molar-refractivity contribution in [3.63, 3.8) is 0 Å². The molecule has 0 spiro atoms. The van der Waals surface area contributed by atoms with E-state index in [4.69, 9.17) is 4.74 Å². The average Bonchev–Trinajstić information content (AvgIpc) is 2.49. The average molecular weight is 292 g/mol. The summed E-state index contributed by atoms with van der Waals surface area (Å²) in [7, 11) is 1.57. The Labute approximate surface area is 126 Å². The van der Waals surface area contributed by atoms with E-state index in [0.29, 0.717) is 25.3 Å². The second-order valence-corrected chi connectivity index (χ2v) is 4.80. The molecule has 1 aromatic carbocycles. The van der Waals surface area contributed by atoms with E-state index in [-0.39, 0.29) is 11.8 Å². The van der Waals surface area contributed by atoms with Crippen molar-refractivity contribution in [1.29, 1.82) is 0 Å². The molecule has 0 bridgehead atoms. The predicted octanol–water partition coefficient (Wildman–Crippen LogP) is 2.35. The predicted molar refractivity (Wildman–Crippen MR) is 83.6 cm³/mol. The summed E-state index contributed by atoms with van der Waals surface area (Å²) in [5.41, 5.74) is 0.718. The molecule has 0 saturated heterocycles. The number of hydrogen-bond acceptors (Lipinski definition) is 3. The van der Waals surface area contributed by atoms with E-state index < -0.39 is 0 Å². The van der Waals surface area contributed by atoms with Gasteiger partial charge in [-0.25, -0.2) is 0 Å². The van der Waals surface area contributed by atoms with E-state index >= 15 is 0 Å². The largest absolute Gasteiger partial charge is 0.495 e. The van der Waals surface area contributed by atoms with Crippen LogP contribution in [0.5, 0.6) is 5.75 Å². The molecule has 0 saturated carbocycles. The summed E-state index contributed by atoms with van der Waals surface area (Å²) in [6.07, 6.45) is 2.41. The standard InChI is InChI=1S/C16H24N2O3/c1-4-5-10-16(20)17-11-12-18(13(2)19)14-8-6-7-9-15(14)21-3/h6-9H,4-5,10-12H2,1-3H3,(H,17,20). The number of nitrogens with one attached hydrogen (secondary N) is 1. The summed E-state index contributed by atoms with van der Waals surface area (Å²) in [6.45, 7) is 4.41. The number of ether oxygens (including phenoxy) is 1. The molecule has 21 heavy (non-hydrogen) atoms. The molecule has 1 rings (SSSR count). The van der Waals surface area contributed by atoms with Crippen molar-refractivity contribution < 1.29 is 14.3 Å². The number of unbranched alkanes of at least 4 members (excludes halogenated alkanes) is 1. The van der Waals surface area contributed by atoms with Gasteiger partial charge in [0.25, 0.3) is 0 Å². The number of carbonyl (C=O) groups is 2. The first-order valence-corrected chi connectivity index (χ1v) is 7.28. The third-order valence-electron chi connectivity index (χ3n) is 3.17. The van der Waals surface area contributed by atoms with Crippen LogP contribution in [0.4, 0.5) is 5.69 Å². The van der Waals surface area contributed by atoms with Crippen LogP contribution in [0.25, 0.3) is 0 Å². The zero-order valence-electron chi connectivity index (χ0n) is 13.0. The Bertz CT molecular complexity index is 474. The van der Waals surface area contributed by atoms with Crippen molar-refractivity contribution in [2.45, 2.75) is 33.1 Å². The third kappa shape index (κ3) is 5.45. The van der Waals surface area contributed by atoms with Crippen LogP contribution in [-0.4, -0.2) is 32.0 Å². The Morgan fingerprint density at radius 1 is 1.29 bits per heavy atom. The van der Waals surface area contributed by atoms with Crippen LogP contribution < -0.4 is 15.0 Å². The van der Waals surface area contributed by atoms with Crippen LogP contribution in [0.15, 0.2) is 24.3 Å². The normalized spacial score (nSPS) is 10.0. The fourth-order valence-corrected chi connectivity index (χ4v) is 2.03. The molecule has 116 valence electrons. The molecule has 1 aromatic rings. The second kappa shape index (κ2) is 9.00. The molecular weight excluding hydrogens is 268 g/mol. The number of amides is 2. The van der Waals surface area contributed by atoms with Crippen LogP contribution in [-0.2, 0) is 9.59 Å². The van der Waals surface area contributed by atoms with Crippen LogP contribution in [0.3, 0.4) is 0 Å². The maximum atomic E-state index is 11.8. The number of carbonyl (C=O) groups excluding carboxylic acids is 2. The Kier molecular flexibility index (Phi) is 7.29. The Balaban J connectivity index is 2.63. The van der Waals surface area contributed by atoms with E-state index in [2.05, 4.69) is 5.32 Å². The molecule has 2 amide bonds. The molecule has 0 unspecified atom stereocenters. The van der Waals surface area contributed by atoms with Crippen molar-refractivity contribution >= 4 is 17.5 Å². The van der Waals surface area contributed by atoms with Gasteiger partial charge in [0.2, 0.25) is 11.8 Å². The van der Waals surface area contributed by atoms with E-state index in [1.54, 1.807) is 12.0 Å². The Morgan fingerprint density at radius 3 is 2.62 bits per heavy atom. The van der Waals surface area contributed by atoms with Gasteiger partial charge in [-0.05, 0) is 18.6 Å². The summed E-state index contributed by atoms with van der Waals surface area (Å²) in [5, 5.41) is 2.84. The van der Waals surface area contributed by atoms with Crippen LogP contribution in [0.2, 0.25) is 0 Å². The number of methoxy groups -OCH3 is 1. The molecule has 0 atom stereocenters. The number of nitrogens with zero attached hydrogens (tertiary/aromatic N) is 1. The van der Waals surface area contributed by atoms with Crippen molar-refractivity contribution in [2.24, 2.45) is 0 Å². The molecule has 0 heterocycles. The van der Waals surface area contributed by atoms with Gasteiger partial charge < -0.3 is 15.0 Å². The summed E-state index contributed by atoms with van der Waals surface area (Å²) in [5.74, 6) is 0.590. The fourth-order valence-electron chi connectivity index (χ4n) is 2.03. The minimum absolute atomic E-state index is 0.0281. The van der Waals surface area contributed by atoms with Crippen molar-refractivity contribution in [2.75, 3.05) is 25.1 Å². The maximum Gasteiger partial charge on any atom is 0.224 e. The molecule has 0 aliphatic carbocycles. The van der Waals surface area contributed by atoms with E-state index in [0.717, 1.165) is 18.5 Å². The highest BCUT2D eigenvalue weighted by Crippen LogP contribution is 2.27. The maximum absolute atomic E-state index is 11.8.